The zero-order valence-electron chi connectivity index (χ0n) is 8.01. The van der Waals surface area contributed by atoms with E-state index in [4.69, 9.17) is 0 Å². The molecule has 0 aliphatic rings. The first-order chi connectivity index (χ1) is 6.80. The number of halogens is 3. The van der Waals surface area contributed by atoms with Gasteiger partial charge in [-0.05, 0) is 13.8 Å². The van der Waals surface area contributed by atoms with Crippen molar-refractivity contribution in [2.45, 2.75) is 20.0 Å². The normalized spacial score (nSPS) is 13.7. The molecule has 1 unspecified atom stereocenters. The summed E-state index contributed by atoms with van der Waals surface area (Å²) >= 11 is 0. The monoisotopic (exact) mass is 222 g/mol. The number of aromatic nitrogens is 3. The van der Waals surface area contributed by atoms with Crippen molar-refractivity contribution in [1.82, 2.24) is 15.2 Å². The second kappa shape index (κ2) is 3.87. The summed E-state index contributed by atoms with van der Waals surface area (Å²) in [7, 11) is 0. The first-order valence-corrected chi connectivity index (χ1v) is 4.07. The lowest BCUT2D eigenvalue weighted by Gasteiger charge is -2.13. The predicted octanol–water partition coefficient (Wildman–Crippen LogP) is 1.25. The van der Waals surface area contributed by atoms with Crippen molar-refractivity contribution in [1.29, 1.82) is 0 Å². The van der Waals surface area contributed by atoms with E-state index in [1.54, 1.807) is 6.92 Å². The maximum absolute atomic E-state index is 12.1. The Morgan fingerprint density at radius 2 is 2.13 bits per heavy atom. The summed E-state index contributed by atoms with van der Waals surface area (Å²) < 4.78 is 36.3. The highest BCUT2D eigenvalue weighted by atomic mass is 19.4. The molecule has 0 bridgehead atoms. The third kappa shape index (κ3) is 2.93. The SMILES string of the molecule is Cc1nc(NC(=O)C(C)C(F)(F)F)n[nH]1. The van der Waals surface area contributed by atoms with Crippen molar-refractivity contribution >= 4 is 11.9 Å². The second-order valence-electron chi connectivity index (χ2n) is 3.00. The van der Waals surface area contributed by atoms with Gasteiger partial charge < -0.3 is 0 Å². The van der Waals surface area contributed by atoms with Gasteiger partial charge in [-0.15, -0.1) is 5.10 Å². The molecular formula is C7H9F3N4O. The summed E-state index contributed by atoms with van der Waals surface area (Å²) in [6, 6.07) is 0. The van der Waals surface area contributed by atoms with Crippen LogP contribution in [0.3, 0.4) is 0 Å². The highest BCUT2D eigenvalue weighted by molar-refractivity contribution is 5.91. The third-order valence-corrected chi connectivity index (χ3v) is 1.72. The van der Waals surface area contributed by atoms with Crippen LogP contribution in [0.2, 0.25) is 0 Å². The topological polar surface area (TPSA) is 70.7 Å². The van der Waals surface area contributed by atoms with Gasteiger partial charge in [0.15, 0.2) is 0 Å². The molecule has 8 heteroatoms. The fourth-order valence-electron chi connectivity index (χ4n) is 0.766. The van der Waals surface area contributed by atoms with Gasteiger partial charge >= 0.3 is 6.18 Å². The van der Waals surface area contributed by atoms with Gasteiger partial charge in [-0.2, -0.15) is 18.2 Å². The van der Waals surface area contributed by atoms with Crippen molar-refractivity contribution in [2.24, 2.45) is 5.92 Å². The van der Waals surface area contributed by atoms with Gasteiger partial charge in [0, 0.05) is 0 Å². The molecule has 0 fully saturated rings. The minimum Gasteiger partial charge on any atom is -0.293 e. The number of aryl methyl sites for hydroxylation is 1. The average Bonchev–Trinajstić information content (AvgIpc) is 2.48. The second-order valence-corrected chi connectivity index (χ2v) is 3.00. The van der Waals surface area contributed by atoms with Crippen LogP contribution in [0.4, 0.5) is 19.1 Å². The molecule has 2 N–H and O–H groups in total. The Balaban J connectivity index is 2.64. The molecule has 0 radical (unpaired) electrons. The Kier molecular flexibility index (Phi) is 2.96. The Hall–Kier alpha value is -1.60. The smallest absolute Gasteiger partial charge is 0.293 e. The number of H-pyrrole nitrogens is 1. The van der Waals surface area contributed by atoms with Gasteiger partial charge in [0.25, 0.3) is 0 Å². The molecule has 0 aromatic carbocycles. The molecule has 15 heavy (non-hydrogen) atoms. The van der Waals surface area contributed by atoms with E-state index < -0.39 is 18.0 Å². The van der Waals surface area contributed by atoms with E-state index in [9.17, 15) is 18.0 Å². The van der Waals surface area contributed by atoms with Crippen molar-refractivity contribution in [3.63, 3.8) is 0 Å². The van der Waals surface area contributed by atoms with E-state index in [0.29, 0.717) is 5.82 Å². The molecule has 1 atom stereocenters. The maximum atomic E-state index is 12.1. The standard InChI is InChI=1S/C7H9F3N4O/c1-3(7(8,9)10)5(15)12-6-11-4(2)13-14-6/h3H,1-2H3,(H2,11,12,13,14,15). The Labute approximate surface area is 83.1 Å². The molecule has 5 nitrogen and oxygen atoms in total. The number of hydrogen-bond acceptors (Lipinski definition) is 3. The number of carbonyl (C=O) groups is 1. The van der Waals surface area contributed by atoms with E-state index in [1.165, 1.54) is 0 Å². The first-order valence-electron chi connectivity index (χ1n) is 4.07. The van der Waals surface area contributed by atoms with Gasteiger partial charge in [-0.25, -0.2) is 0 Å². The molecule has 1 aromatic heterocycles. The average molecular weight is 222 g/mol. The summed E-state index contributed by atoms with van der Waals surface area (Å²) in [6.45, 7) is 2.34. The maximum Gasteiger partial charge on any atom is 0.400 e. The molecule has 0 saturated carbocycles. The fraction of sp³-hybridized carbons (Fsp3) is 0.571. The number of aromatic amines is 1. The number of alkyl halides is 3. The van der Waals surface area contributed by atoms with Crippen LogP contribution < -0.4 is 5.32 Å². The highest BCUT2D eigenvalue weighted by Crippen LogP contribution is 2.26. The van der Waals surface area contributed by atoms with Crippen LogP contribution in [-0.4, -0.2) is 27.3 Å². The molecule has 1 heterocycles. The highest BCUT2D eigenvalue weighted by Gasteiger charge is 2.41. The lowest BCUT2D eigenvalue weighted by atomic mass is 10.1. The molecule has 1 rings (SSSR count). The summed E-state index contributed by atoms with van der Waals surface area (Å²) in [5.74, 6) is -3.02. The number of carbonyl (C=O) groups excluding carboxylic acids is 1. The number of hydrogen-bond donors (Lipinski definition) is 2. The van der Waals surface area contributed by atoms with Crippen molar-refractivity contribution in [2.75, 3.05) is 5.32 Å². The largest absolute Gasteiger partial charge is 0.400 e. The van der Waals surface area contributed by atoms with Gasteiger partial charge in [-0.1, -0.05) is 0 Å². The van der Waals surface area contributed by atoms with Crippen molar-refractivity contribution in [3.05, 3.63) is 5.82 Å². The molecule has 0 aliphatic carbocycles. The zero-order valence-corrected chi connectivity index (χ0v) is 8.01. The minimum absolute atomic E-state index is 0.159. The predicted molar refractivity (Wildman–Crippen MR) is 45.0 cm³/mol. The fourth-order valence-corrected chi connectivity index (χ4v) is 0.766. The van der Waals surface area contributed by atoms with Gasteiger partial charge in [0.05, 0.1) is 0 Å². The molecule has 0 aliphatic heterocycles. The van der Waals surface area contributed by atoms with E-state index in [0.717, 1.165) is 6.92 Å². The van der Waals surface area contributed by atoms with Crippen LogP contribution in [0.1, 0.15) is 12.7 Å². The van der Waals surface area contributed by atoms with E-state index in [-0.39, 0.29) is 5.95 Å². The van der Waals surface area contributed by atoms with Crippen LogP contribution in [0.15, 0.2) is 0 Å². The van der Waals surface area contributed by atoms with Crippen LogP contribution in [0.25, 0.3) is 0 Å². The number of nitrogens with zero attached hydrogens (tertiary/aromatic N) is 2. The third-order valence-electron chi connectivity index (χ3n) is 1.72. The van der Waals surface area contributed by atoms with E-state index in [1.807, 2.05) is 5.32 Å². The van der Waals surface area contributed by atoms with Crippen molar-refractivity contribution < 1.29 is 18.0 Å². The van der Waals surface area contributed by atoms with Crippen LogP contribution in [0.5, 0.6) is 0 Å². The summed E-state index contributed by atoms with van der Waals surface area (Å²) in [5, 5.41) is 7.84. The lowest BCUT2D eigenvalue weighted by molar-refractivity contribution is -0.175. The Morgan fingerprint density at radius 3 is 2.53 bits per heavy atom. The Bertz CT molecular complexity index is 359. The molecule has 0 spiro atoms. The lowest BCUT2D eigenvalue weighted by Crippen LogP contribution is -2.32. The zero-order chi connectivity index (χ0) is 11.6. The van der Waals surface area contributed by atoms with Crippen LogP contribution in [0, 0.1) is 12.8 Å². The number of nitrogens with one attached hydrogen (secondary N) is 2. The van der Waals surface area contributed by atoms with Crippen molar-refractivity contribution in [3.8, 4) is 0 Å². The van der Waals surface area contributed by atoms with Crippen LogP contribution in [-0.2, 0) is 4.79 Å². The Morgan fingerprint density at radius 1 is 1.53 bits per heavy atom. The molecule has 84 valence electrons. The van der Waals surface area contributed by atoms with Gasteiger partial charge in [0.1, 0.15) is 11.7 Å². The summed E-state index contributed by atoms with van der Waals surface area (Å²) in [6.07, 6.45) is -4.56. The quantitative estimate of drug-likeness (QED) is 0.791. The molecule has 1 amide bonds. The number of anilines is 1. The first kappa shape index (κ1) is 11.5. The van der Waals surface area contributed by atoms with Gasteiger partial charge in [-0.3, -0.25) is 15.2 Å². The molecular weight excluding hydrogens is 213 g/mol. The minimum atomic E-state index is -4.56. The van der Waals surface area contributed by atoms with E-state index in [2.05, 4.69) is 15.2 Å². The molecule has 1 aromatic rings. The number of rotatable bonds is 2. The van der Waals surface area contributed by atoms with E-state index >= 15 is 0 Å². The summed E-state index contributed by atoms with van der Waals surface area (Å²) in [4.78, 5) is 14.7. The van der Waals surface area contributed by atoms with Crippen LogP contribution >= 0.6 is 0 Å². The van der Waals surface area contributed by atoms with Gasteiger partial charge in [0.2, 0.25) is 11.9 Å². The summed E-state index contributed by atoms with van der Waals surface area (Å²) in [5.41, 5.74) is 0. The number of amides is 1. The molecule has 0 saturated heterocycles.